The Hall–Kier alpha value is -0.170. The molecule has 5 nitrogen and oxygen atoms in total. The van der Waals surface area contributed by atoms with E-state index in [4.69, 9.17) is 5.11 Å². The van der Waals surface area contributed by atoms with E-state index in [9.17, 15) is 8.42 Å². The molecule has 13 heavy (non-hydrogen) atoms. The zero-order valence-electron chi connectivity index (χ0n) is 8.46. The molecular formula is C7H18N2O3S. The average molecular weight is 210 g/mol. The zero-order valence-corrected chi connectivity index (χ0v) is 9.27. The third-order valence-electron chi connectivity index (χ3n) is 1.01. The first kappa shape index (κ1) is 12.8. The minimum absolute atomic E-state index is 0.0193. The van der Waals surface area contributed by atoms with Crippen LogP contribution in [0.3, 0.4) is 0 Å². The highest BCUT2D eigenvalue weighted by atomic mass is 32.2. The number of nitrogens with one attached hydrogen (secondary N) is 2. The summed E-state index contributed by atoms with van der Waals surface area (Å²) in [5.74, 6) is 0. The molecule has 0 saturated heterocycles. The minimum atomic E-state index is -3.49. The van der Waals surface area contributed by atoms with Gasteiger partial charge in [-0.15, -0.1) is 0 Å². The summed E-state index contributed by atoms with van der Waals surface area (Å²) in [5, 5.41) is 8.86. The van der Waals surface area contributed by atoms with Crippen LogP contribution in [0.2, 0.25) is 0 Å². The van der Waals surface area contributed by atoms with Crippen LogP contribution in [-0.4, -0.2) is 31.7 Å². The summed E-state index contributed by atoms with van der Waals surface area (Å²) in [6, 6.07) is 0. The van der Waals surface area contributed by atoms with Gasteiger partial charge in [-0.2, -0.15) is 17.9 Å². The second-order valence-electron chi connectivity index (χ2n) is 4.05. The third kappa shape index (κ3) is 8.17. The van der Waals surface area contributed by atoms with E-state index in [0.717, 1.165) is 0 Å². The van der Waals surface area contributed by atoms with E-state index in [1.165, 1.54) is 6.92 Å². The summed E-state index contributed by atoms with van der Waals surface area (Å²) in [5.41, 5.74) is -0.509. The van der Waals surface area contributed by atoms with E-state index in [1.54, 1.807) is 20.8 Å². The molecule has 0 aliphatic rings. The minimum Gasteiger partial charge on any atom is -0.392 e. The maximum atomic E-state index is 11.2. The molecule has 0 rings (SSSR count). The molecule has 0 aromatic heterocycles. The molecule has 0 aromatic rings. The Morgan fingerprint density at radius 2 is 1.85 bits per heavy atom. The summed E-state index contributed by atoms with van der Waals surface area (Å²) in [7, 11) is -3.49. The van der Waals surface area contributed by atoms with Crippen LogP contribution in [0.25, 0.3) is 0 Å². The number of aliphatic hydroxyl groups is 1. The van der Waals surface area contributed by atoms with Crippen molar-refractivity contribution in [2.75, 3.05) is 6.54 Å². The molecule has 0 spiro atoms. The van der Waals surface area contributed by atoms with E-state index >= 15 is 0 Å². The van der Waals surface area contributed by atoms with Gasteiger partial charge in [-0.1, -0.05) is 0 Å². The lowest BCUT2D eigenvalue weighted by Gasteiger charge is -2.20. The maximum absolute atomic E-state index is 11.2. The molecule has 0 unspecified atom stereocenters. The first-order valence-electron chi connectivity index (χ1n) is 4.09. The van der Waals surface area contributed by atoms with E-state index in [2.05, 4.69) is 9.44 Å². The van der Waals surface area contributed by atoms with Crippen LogP contribution in [0, 0.1) is 0 Å². The van der Waals surface area contributed by atoms with Gasteiger partial charge in [0.05, 0.1) is 6.10 Å². The van der Waals surface area contributed by atoms with Gasteiger partial charge in [0, 0.05) is 12.1 Å². The zero-order chi connectivity index (χ0) is 10.7. The van der Waals surface area contributed by atoms with Gasteiger partial charge in [-0.25, -0.2) is 0 Å². The summed E-state index contributed by atoms with van der Waals surface area (Å²) >= 11 is 0. The Kier molecular flexibility index (Phi) is 4.31. The van der Waals surface area contributed by atoms with Gasteiger partial charge in [0.25, 0.3) is 10.2 Å². The van der Waals surface area contributed by atoms with Crippen molar-refractivity contribution >= 4 is 10.2 Å². The fraction of sp³-hybridized carbons (Fsp3) is 1.00. The molecule has 0 amide bonds. The summed E-state index contributed by atoms with van der Waals surface area (Å²) < 4.78 is 27.1. The van der Waals surface area contributed by atoms with Crippen molar-refractivity contribution in [3.8, 4) is 0 Å². The molecule has 0 aliphatic heterocycles. The summed E-state index contributed by atoms with van der Waals surface area (Å²) in [4.78, 5) is 0. The summed E-state index contributed by atoms with van der Waals surface area (Å²) in [6.07, 6.45) is -0.684. The molecule has 3 N–H and O–H groups in total. The topological polar surface area (TPSA) is 78.4 Å². The molecule has 80 valence electrons. The number of aliphatic hydroxyl groups excluding tert-OH is 1. The Labute approximate surface area is 79.7 Å². The molecule has 0 saturated carbocycles. The monoisotopic (exact) mass is 210 g/mol. The number of rotatable bonds is 4. The van der Waals surface area contributed by atoms with Crippen LogP contribution >= 0.6 is 0 Å². The van der Waals surface area contributed by atoms with Crippen LogP contribution in [0.1, 0.15) is 27.7 Å². The van der Waals surface area contributed by atoms with E-state index in [0.29, 0.717) is 0 Å². The van der Waals surface area contributed by atoms with Gasteiger partial charge in [-0.3, -0.25) is 0 Å². The average Bonchev–Trinajstić information content (AvgIpc) is 1.78. The fourth-order valence-corrected chi connectivity index (χ4v) is 2.01. The highest BCUT2D eigenvalue weighted by Gasteiger charge is 2.19. The molecule has 0 radical (unpaired) electrons. The molecule has 0 heterocycles. The lowest BCUT2D eigenvalue weighted by molar-refractivity contribution is 0.198. The SMILES string of the molecule is C[C@H](O)CNS(=O)(=O)NC(C)(C)C. The second kappa shape index (κ2) is 4.36. The van der Waals surface area contributed by atoms with Crippen LogP contribution in [-0.2, 0) is 10.2 Å². The van der Waals surface area contributed by atoms with Gasteiger partial charge in [-0.05, 0) is 27.7 Å². The van der Waals surface area contributed by atoms with Crippen molar-refractivity contribution in [2.24, 2.45) is 0 Å². The predicted molar refractivity (Wildman–Crippen MR) is 51.5 cm³/mol. The highest BCUT2D eigenvalue weighted by Crippen LogP contribution is 2.00. The van der Waals surface area contributed by atoms with Gasteiger partial charge in [0.15, 0.2) is 0 Å². The predicted octanol–water partition coefficient (Wildman–Crippen LogP) is -0.410. The van der Waals surface area contributed by atoms with E-state index in [-0.39, 0.29) is 6.54 Å². The Bertz CT molecular complexity index is 241. The first-order chi connectivity index (χ1) is 5.62. The molecule has 1 atom stereocenters. The second-order valence-corrected chi connectivity index (χ2v) is 5.55. The smallest absolute Gasteiger partial charge is 0.277 e. The van der Waals surface area contributed by atoms with Gasteiger partial charge < -0.3 is 5.11 Å². The number of hydrogen-bond acceptors (Lipinski definition) is 3. The molecular weight excluding hydrogens is 192 g/mol. The normalized spacial score (nSPS) is 15.8. The van der Waals surface area contributed by atoms with Crippen molar-refractivity contribution < 1.29 is 13.5 Å². The van der Waals surface area contributed by atoms with Gasteiger partial charge in [0.2, 0.25) is 0 Å². The molecule has 0 bridgehead atoms. The largest absolute Gasteiger partial charge is 0.392 e. The molecule has 0 fully saturated rings. The Morgan fingerprint density at radius 1 is 1.38 bits per heavy atom. The number of hydrogen-bond donors (Lipinski definition) is 3. The van der Waals surface area contributed by atoms with Crippen molar-refractivity contribution in [1.82, 2.24) is 9.44 Å². The third-order valence-corrected chi connectivity index (χ3v) is 2.44. The molecule has 0 aromatic carbocycles. The van der Waals surface area contributed by atoms with Crippen molar-refractivity contribution in [3.63, 3.8) is 0 Å². The highest BCUT2D eigenvalue weighted by molar-refractivity contribution is 7.87. The Balaban J connectivity index is 4.11. The van der Waals surface area contributed by atoms with E-state index in [1.807, 2.05) is 0 Å². The maximum Gasteiger partial charge on any atom is 0.277 e. The van der Waals surface area contributed by atoms with Crippen molar-refractivity contribution in [2.45, 2.75) is 39.3 Å². The quantitative estimate of drug-likeness (QED) is 0.590. The van der Waals surface area contributed by atoms with Crippen LogP contribution in [0.5, 0.6) is 0 Å². The lowest BCUT2D eigenvalue weighted by Crippen LogP contribution is -2.48. The standard InChI is InChI=1S/C7H18N2O3S/c1-6(10)5-8-13(11,12)9-7(2,3)4/h6,8-10H,5H2,1-4H3/t6-/m0/s1. The van der Waals surface area contributed by atoms with Crippen molar-refractivity contribution in [3.05, 3.63) is 0 Å². The lowest BCUT2D eigenvalue weighted by atomic mass is 10.1. The van der Waals surface area contributed by atoms with Crippen LogP contribution in [0.4, 0.5) is 0 Å². The van der Waals surface area contributed by atoms with E-state index < -0.39 is 21.9 Å². The Morgan fingerprint density at radius 3 is 2.15 bits per heavy atom. The fourth-order valence-electron chi connectivity index (χ4n) is 0.669. The van der Waals surface area contributed by atoms with Crippen molar-refractivity contribution in [1.29, 1.82) is 0 Å². The van der Waals surface area contributed by atoms with Gasteiger partial charge >= 0.3 is 0 Å². The van der Waals surface area contributed by atoms with Crippen LogP contribution < -0.4 is 9.44 Å². The molecule has 0 aliphatic carbocycles. The first-order valence-corrected chi connectivity index (χ1v) is 5.57. The van der Waals surface area contributed by atoms with Gasteiger partial charge in [0.1, 0.15) is 0 Å². The summed E-state index contributed by atoms with van der Waals surface area (Å²) in [6.45, 7) is 6.77. The molecule has 6 heteroatoms. The van der Waals surface area contributed by atoms with Crippen LogP contribution in [0.15, 0.2) is 0 Å².